The Labute approximate surface area is 169 Å². The van der Waals surface area contributed by atoms with Gasteiger partial charge < -0.3 is 24.2 Å². The fourth-order valence-corrected chi connectivity index (χ4v) is 3.30. The Morgan fingerprint density at radius 1 is 1.03 bits per heavy atom. The van der Waals surface area contributed by atoms with Crippen LogP contribution in [-0.2, 0) is 16.0 Å². The zero-order chi connectivity index (χ0) is 20.6. The van der Waals surface area contributed by atoms with Crippen LogP contribution < -0.4 is 14.2 Å². The molecule has 1 unspecified atom stereocenters. The maximum Gasteiger partial charge on any atom is 0.308 e. The predicted octanol–water partition coefficient (Wildman–Crippen LogP) is 2.63. The topological polar surface area (TPSA) is 85.3 Å². The van der Waals surface area contributed by atoms with Crippen molar-refractivity contribution in [2.75, 3.05) is 33.4 Å². The van der Waals surface area contributed by atoms with E-state index in [1.807, 2.05) is 48.5 Å². The number of carbonyl (C=O) groups is 2. The van der Waals surface area contributed by atoms with Gasteiger partial charge in [-0.15, -0.1) is 0 Å². The number of hydrogen-bond acceptors (Lipinski definition) is 5. The minimum Gasteiger partial charge on any atom is -0.493 e. The van der Waals surface area contributed by atoms with Gasteiger partial charge in [0.05, 0.1) is 13.0 Å². The van der Waals surface area contributed by atoms with Crippen molar-refractivity contribution < 1.29 is 28.9 Å². The number of para-hydroxylation sites is 3. The molecule has 7 heteroatoms. The number of amides is 1. The average molecular weight is 399 g/mol. The highest BCUT2D eigenvalue weighted by atomic mass is 16.5. The maximum atomic E-state index is 12.0. The summed E-state index contributed by atoms with van der Waals surface area (Å²) in [7, 11) is 1.60. The second kappa shape index (κ2) is 9.82. The summed E-state index contributed by atoms with van der Waals surface area (Å²) in [5.41, 5.74) is 0.969. The molecule has 29 heavy (non-hydrogen) atoms. The molecule has 1 fully saturated rings. The molecule has 3 rings (SSSR count). The van der Waals surface area contributed by atoms with E-state index in [4.69, 9.17) is 19.3 Å². The molecule has 1 atom stereocenters. The summed E-state index contributed by atoms with van der Waals surface area (Å²) in [6, 6.07) is 15.1. The van der Waals surface area contributed by atoms with E-state index in [1.54, 1.807) is 12.0 Å². The van der Waals surface area contributed by atoms with Crippen LogP contribution in [0, 0.1) is 5.92 Å². The smallest absolute Gasteiger partial charge is 0.308 e. The van der Waals surface area contributed by atoms with Gasteiger partial charge in [0.2, 0.25) is 5.91 Å². The largest absolute Gasteiger partial charge is 0.493 e. The molecule has 1 amide bonds. The van der Waals surface area contributed by atoms with Crippen LogP contribution in [0.3, 0.4) is 0 Å². The summed E-state index contributed by atoms with van der Waals surface area (Å²) < 4.78 is 16.8. The highest BCUT2D eigenvalue weighted by molar-refractivity contribution is 5.86. The first-order chi connectivity index (χ1) is 14.1. The summed E-state index contributed by atoms with van der Waals surface area (Å²) in [6.45, 7) is 1.46. The lowest BCUT2D eigenvalue weighted by atomic mass is 10.1. The van der Waals surface area contributed by atoms with Crippen molar-refractivity contribution >= 4 is 11.9 Å². The highest BCUT2D eigenvalue weighted by Gasteiger charge is 2.33. The third-order valence-electron chi connectivity index (χ3n) is 4.85. The molecule has 1 saturated heterocycles. The normalized spacial score (nSPS) is 16.0. The standard InChI is InChI=1S/C22H25NO6/c1-27-19-8-4-5-9-20(19)29-13-12-28-18-7-3-2-6-16(18)10-11-23-15-17(22(25)26)14-21(23)24/h2-9,17H,10-15H2,1H3,(H,25,26). The van der Waals surface area contributed by atoms with E-state index in [2.05, 4.69) is 0 Å². The van der Waals surface area contributed by atoms with Crippen LogP contribution in [0.15, 0.2) is 48.5 Å². The average Bonchev–Trinajstić information content (AvgIpc) is 3.11. The number of carboxylic acids is 1. The van der Waals surface area contributed by atoms with Crippen LogP contribution in [0.1, 0.15) is 12.0 Å². The molecule has 7 nitrogen and oxygen atoms in total. The van der Waals surface area contributed by atoms with Crippen LogP contribution in [0.5, 0.6) is 17.2 Å². The molecule has 2 aromatic carbocycles. The van der Waals surface area contributed by atoms with Crippen molar-refractivity contribution in [3.05, 3.63) is 54.1 Å². The molecule has 1 aliphatic heterocycles. The fraction of sp³-hybridized carbons (Fsp3) is 0.364. The Kier molecular flexibility index (Phi) is 6.94. The van der Waals surface area contributed by atoms with Crippen molar-refractivity contribution in [1.29, 1.82) is 0 Å². The van der Waals surface area contributed by atoms with E-state index in [0.717, 1.165) is 11.3 Å². The van der Waals surface area contributed by atoms with Gasteiger partial charge in [-0.05, 0) is 30.2 Å². The Morgan fingerprint density at radius 3 is 2.31 bits per heavy atom. The Morgan fingerprint density at radius 2 is 1.66 bits per heavy atom. The molecule has 1 heterocycles. The monoisotopic (exact) mass is 399 g/mol. The van der Waals surface area contributed by atoms with Crippen LogP contribution in [0.25, 0.3) is 0 Å². The molecule has 154 valence electrons. The number of methoxy groups -OCH3 is 1. The van der Waals surface area contributed by atoms with E-state index in [1.165, 1.54) is 0 Å². The van der Waals surface area contributed by atoms with E-state index in [9.17, 15) is 9.59 Å². The molecule has 1 N–H and O–H groups in total. The SMILES string of the molecule is COc1ccccc1OCCOc1ccccc1CCN1CC(C(=O)O)CC1=O. The minimum atomic E-state index is -0.917. The zero-order valence-corrected chi connectivity index (χ0v) is 16.4. The van der Waals surface area contributed by atoms with Gasteiger partial charge in [0.25, 0.3) is 0 Å². The Balaban J connectivity index is 1.50. The van der Waals surface area contributed by atoms with Gasteiger partial charge in [0.15, 0.2) is 11.5 Å². The molecule has 0 aliphatic carbocycles. The first kappa shape index (κ1) is 20.5. The van der Waals surface area contributed by atoms with Crippen molar-refractivity contribution in [3.8, 4) is 17.2 Å². The molecule has 0 radical (unpaired) electrons. The molecular formula is C22H25NO6. The van der Waals surface area contributed by atoms with Crippen molar-refractivity contribution in [2.24, 2.45) is 5.92 Å². The number of ether oxygens (including phenoxy) is 3. The third kappa shape index (κ3) is 5.40. The lowest BCUT2D eigenvalue weighted by Crippen LogP contribution is -2.28. The number of hydrogen-bond donors (Lipinski definition) is 1. The van der Waals surface area contributed by atoms with Gasteiger partial charge in [-0.1, -0.05) is 30.3 Å². The number of likely N-dealkylation sites (tertiary alicyclic amines) is 1. The summed E-state index contributed by atoms with van der Waals surface area (Å²) in [5.74, 6) is 0.426. The summed E-state index contributed by atoms with van der Waals surface area (Å²) >= 11 is 0. The van der Waals surface area contributed by atoms with Crippen LogP contribution >= 0.6 is 0 Å². The van der Waals surface area contributed by atoms with Gasteiger partial charge in [-0.2, -0.15) is 0 Å². The molecule has 0 bridgehead atoms. The quantitative estimate of drug-likeness (QED) is 0.618. The van der Waals surface area contributed by atoms with Crippen molar-refractivity contribution in [2.45, 2.75) is 12.8 Å². The van der Waals surface area contributed by atoms with Gasteiger partial charge in [-0.3, -0.25) is 9.59 Å². The van der Waals surface area contributed by atoms with E-state index >= 15 is 0 Å². The van der Waals surface area contributed by atoms with Crippen molar-refractivity contribution in [1.82, 2.24) is 4.90 Å². The van der Waals surface area contributed by atoms with Crippen LogP contribution in [-0.4, -0.2) is 55.3 Å². The minimum absolute atomic E-state index is 0.0772. The highest BCUT2D eigenvalue weighted by Crippen LogP contribution is 2.26. The summed E-state index contributed by atoms with van der Waals surface area (Å²) in [6.07, 6.45) is 0.676. The third-order valence-corrected chi connectivity index (χ3v) is 4.85. The Hall–Kier alpha value is -3.22. The lowest BCUT2D eigenvalue weighted by Gasteiger charge is -2.17. The molecule has 1 aliphatic rings. The van der Waals surface area contributed by atoms with E-state index < -0.39 is 11.9 Å². The summed E-state index contributed by atoms with van der Waals surface area (Å²) in [5, 5.41) is 9.10. The Bertz CT molecular complexity index is 853. The van der Waals surface area contributed by atoms with Gasteiger partial charge in [0, 0.05) is 19.5 Å². The fourth-order valence-electron chi connectivity index (χ4n) is 3.30. The van der Waals surface area contributed by atoms with Gasteiger partial charge in [-0.25, -0.2) is 0 Å². The molecule has 0 saturated carbocycles. The van der Waals surface area contributed by atoms with Gasteiger partial charge in [0.1, 0.15) is 19.0 Å². The van der Waals surface area contributed by atoms with Crippen LogP contribution in [0.4, 0.5) is 0 Å². The van der Waals surface area contributed by atoms with E-state index in [0.29, 0.717) is 37.7 Å². The maximum absolute atomic E-state index is 12.0. The number of carboxylic acid groups (broad SMARTS) is 1. The predicted molar refractivity (Wildman–Crippen MR) is 106 cm³/mol. The van der Waals surface area contributed by atoms with E-state index in [-0.39, 0.29) is 18.9 Å². The number of aliphatic carboxylic acids is 1. The molecule has 2 aromatic rings. The number of carbonyl (C=O) groups excluding carboxylic acids is 1. The lowest BCUT2D eigenvalue weighted by molar-refractivity contribution is -0.141. The first-order valence-electron chi connectivity index (χ1n) is 9.55. The number of nitrogens with zero attached hydrogens (tertiary/aromatic N) is 1. The summed E-state index contributed by atoms with van der Waals surface area (Å²) in [4.78, 5) is 24.7. The zero-order valence-electron chi connectivity index (χ0n) is 16.4. The van der Waals surface area contributed by atoms with Crippen molar-refractivity contribution in [3.63, 3.8) is 0 Å². The van der Waals surface area contributed by atoms with Gasteiger partial charge >= 0.3 is 5.97 Å². The molecular weight excluding hydrogens is 374 g/mol. The number of benzene rings is 2. The van der Waals surface area contributed by atoms with Crippen LogP contribution in [0.2, 0.25) is 0 Å². The first-order valence-corrected chi connectivity index (χ1v) is 9.55. The molecule has 0 spiro atoms. The second-order valence-corrected chi connectivity index (χ2v) is 6.78. The molecule has 0 aromatic heterocycles. The number of rotatable bonds is 10. The second-order valence-electron chi connectivity index (χ2n) is 6.78.